The molecule has 0 unspecified atom stereocenters. The number of nitrogens with one attached hydrogen (secondary N) is 1. The monoisotopic (exact) mass is 501 g/mol. The fourth-order valence-corrected chi connectivity index (χ4v) is 5.03. The highest BCUT2D eigenvalue weighted by Crippen LogP contribution is 2.23. The molecule has 0 spiro atoms. The summed E-state index contributed by atoms with van der Waals surface area (Å²) in [6.07, 6.45) is 5.42. The van der Waals surface area contributed by atoms with Gasteiger partial charge in [-0.25, -0.2) is 9.67 Å². The number of fused-ring (bicyclic) bond motifs is 2. The largest absolute Gasteiger partial charge is 0.345 e. The smallest absolute Gasteiger partial charge is 0.254 e. The highest BCUT2D eigenvalue weighted by atomic mass is 16.2. The summed E-state index contributed by atoms with van der Waals surface area (Å²) in [7, 11) is 0. The number of amides is 3. The lowest BCUT2D eigenvalue weighted by molar-refractivity contribution is -0.138. The Morgan fingerprint density at radius 3 is 2.54 bits per heavy atom. The summed E-state index contributed by atoms with van der Waals surface area (Å²) < 4.78 is 1.78. The summed E-state index contributed by atoms with van der Waals surface area (Å²) in [4.78, 5) is 51.8. The first kappa shape index (κ1) is 24.6. The standard InChI is InChI=1S/C27H31N7O3/c1-19-25-30-24(20-7-3-2-4-8-20)31-34(25)18-17-32(27(37)21-11-13-28-14-12-21)15-6-10-23(35)33-16-5-9-22(33)26(36)29-19/h2-4,7-8,11-14,19,22H,5-6,9-10,15-18H2,1H3,(H,29,36)/t19-,22-/m0/s1. The van der Waals surface area contributed by atoms with Gasteiger partial charge in [-0.05, 0) is 38.3 Å². The Hall–Kier alpha value is -4.08. The van der Waals surface area contributed by atoms with Gasteiger partial charge >= 0.3 is 0 Å². The predicted octanol–water partition coefficient (Wildman–Crippen LogP) is 2.44. The van der Waals surface area contributed by atoms with Gasteiger partial charge in [0.25, 0.3) is 5.91 Å². The SMILES string of the molecule is C[C@@H]1NC(=O)[C@@H]2CCCN2C(=O)CCCN(C(=O)c2ccncc2)CCn2nc(-c3ccccc3)nc21. The van der Waals surface area contributed by atoms with Gasteiger partial charge in [-0.15, -0.1) is 0 Å². The second kappa shape index (κ2) is 10.9. The molecule has 0 radical (unpaired) electrons. The molecule has 0 bridgehead atoms. The van der Waals surface area contributed by atoms with Crippen LogP contribution in [0.4, 0.5) is 0 Å². The zero-order chi connectivity index (χ0) is 25.8. The minimum absolute atomic E-state index is 0.0480. The molecule has 4 heterocycles. The van der Waals surface area contributed by atoms with E-state index < -0.39 is 12.1 Å². The topological polar surface area (TPSA) is 113 Å². The van der Waals surface area contributed by atoms with Crippen molar-refractivity contribution in [2.24, 2.45) is 0 Å². The molecule has 3 amide bonds. The highest BCUT2D eigenvalue weighted by molar-refractivity contribution is 5.94. The number of pyridine rings is 1. The lowest BCUT2D eigenvalue weighted by Gasteiger charge is -2.28. The summed E-state index contributed by atoms with van der Waals surface area (Å²) in [5, 5.41) is 7.82. The number of hydrogen-bond acceptors (Lipinski definition) is 6. The van der Waals surface area contributed by atoms with Gasteiger partial charge in [-0.3, -0.25) is 19.4 Å². The molecule has 1 saturated heterocycles. The Kier molecular flexibility index (Phi) is 7.25. The second-order valence-corrected chi connectivity index (χ2v) is 9.49. The number of carbonyl (C=O) groups excluding carboxylic acids is 3. The Balaban J connectivity index is 1.48. The lowest BCUT2D eigenvalue weighted by Crippen LogP contribution is -2.47. The summed E-state index contributed by atoms with van der Waals surface area (Å²) in [5.74, 6) is 0.836. The molecule has 1 aromatic carbocycles. The predicted molar refractivity (Wildman–Crippen MR) is 136 cm³/mol. The van der Waals surface area contributed by atoms with Crippen LogP contribution in [0.2, 0.25) is 0 Å². The average molecular weight is 502 g/mol. The van der Waals surface area contributed by atoms with E-state index in [0.29, 0.717) is 56.2 Å². The molecule has 2 aromatic heterocycles. The molecular weight excluding hydrogens is 470 g/mol. The number of hydrogen-bond donors (Lipinski definition) is 1. The Morgan fingerprint density at radius 1 is 0.973 bits per heavy atom. The van der Waals surface area contributed by atoms with Gasteiger partial charge in [0.1, 0.15) is 11.9 Å². The summed E-state index contributed by atoms with van der Waals surface area (Å²) in [5.41, 5.74) is 1.42. The van der Waals surface area contributed by atoms with Crippen molar-refractivity contribution >= 4 is 17.7 Å². The Labute approximate surface area is 215 Å². The van der Waals surface area contributed by atoms with E-state index in [1.54, 1.807) is 39.0 Å². The molecule has 1 N–H and O–H groups in total. The van der Waals surface area contributed by atoms with Crippen LogP contribution in [-0.4, -0.2) is 72.9 Å². The Bertz CT molecular complexity index is 1260. The molecule has 1 fully saturated rings. The maximum Gasteiger partial charge on any atom is 0.254 e. The van der Waals surface area contributed by atoms with Crippen molar-refractivity contribution in [2.45, 2.75) is 51.2 Å². The molecular formula is C27H31N7O3. The van der Waals surface area contributed by atoms with Gasteiger partial charge < -0.3 is 15.1 Å². The fourth-order valence-electron chi connectivity index (χ4n) is 5.03. The van der Waals surface area contributed by atoms with Crippen LogP contribution in [0.3, 0.4) is 0 Å². The van der Waals surface area contributed by atoms with Crippen LogP contribution in [-0.2, 0) is 16.1 Å². The van der Waals surface area contributed by atoms with Gasteiger partial charge in [-0.1, -0.05) is 30.3 Å². The van der Waals surface area contributed by atoms with E-state index in [9.17, 15) is 14.4 Å². The van der Waals surface area contributed by atoms with Crippen molar-refractivity contribution in [2.75, 3.05) is 19.6 Å². The van der Waals surface area contributed by atoms with Crippen LogP contribution in [0.15, 0.2) is 54.9 Å². The molecule has 3 aromatic rings. The van der Waals surface area contributed by atoms with Crippen LogP contribution >= 0.6 is 0 Å². The van der Waals surface area contributed by atoms with Gasteiger partial charge in [0, 0.05) is 49.6 Å². The van der Waals surface area contributed by atoms with Gasteiger partial charge in [0.2, 0.25) is 11.8 Å². The third-order valence-electron chi connectivity index (χ3n) is 6.97. The van der Waals surface area contributed by atoms with Crippen molar-refractivity contribution in [1.82, 2.24) is 34.9 Å². The maximum atomic E-state index is 13.4. The van der Waals surface area contributed by atoms with Crippen molar-refractivity contribution in [3.8, 4) is 11.4 Å². The van der Waals surface area contributed by atoms with Crippen LogP contribution in [0.25, 0.3) is 11.4 Å². The van der Waals surface area contributed by atoms with Crippen molar-refractivity contribution < 1.29 is 14.4 Å². The van der Waals surface area contributed by atoms with E-state index in [1.807, 2.05) is 37.3 Å². The lowest BCUT2D eigenvalue weighted by atomic mass is 10.1. The van der Waals surface area contributed by atoms with E-state index in [-0.39, 0.29) is 24.1 Å². The average Bonchev–Trinajstić information content (AvgIpc) is 3.59. The van der Waals surface area contributed by atoms with Gasteiger partial charge in [0.05, 0.1) is 12.6 Å². The first-order valence-corrected chi connectivity index (χ1v) is 12.8. The van der Waals surface area contributed by atoms with E-state index in [4.69, 9.17) is 10.1 Å². The molecule has 10 heteroatoms. The third kappa shape index (κ3) is 5.37. The first-order valence-electron chi connectivity index (χ1n) is 12.8. The Morgan fingerprint density at radius 2 is 1.76 bits per heavy atom. The molecule has 10 nitrogen and oxygen atoms in total. The number of nitrogens with zero attached hydrogens (tertiary/aromatic N) is 6. The quantitative estimate of drug-likeness (QED) is 0.577. The minimum atomic E-state index is -0.489. The third-order valence-corrected chi connectivity index (χ3v) is 6.97. The van der Waals surface area contributed by atoms with Gasteiger partial charge in [-0.2, -0.15) is 5.10 Å². The van der Waals surface area contributed by atoms with E-state index in [1.165, 1.54) is 0 Å². The first-order chi connectivity index (χ1) is 18.0. The van der Waals surface area contributed by atoms with E-state index in [2.05, 4.69) is 10.3 Å². The van der Waals surface area contributed by atoms with Gasteiger partial charge in [0.15, 0.2) is 5.82 Å². The number of carbonyl (C=O) groups is 3. The van der Waals surface area contributed by atoms with Crippen LogP contribution in [0, 0.1) is 0 Å². The second-order valence-electron chi connectivity index (χ2n) is 9.49. The zero-order valence-electron chi connectivity index (χ0n) is 20.9. The normalized spacial score (nSPS) is 21.1. The van der Waals surface area contributed by atoms with Crippen LogP contribution in [0.5, 0.6) is 0 Å². The zero-order valence-corrected chi connectivity index (χ0v) is 20.9. The molecule has 5 rings (SSSR count). The van der Waals surface area contributed by atoms with Crippen LogP contribution < -0.4 is 5.32 Å². The highest BCUT2D eigenvalue weighted by Gasteiger charge is 2.35. The molecule has 2 aliphatic heterocycles. The van der Waals surface area contributed by atoms with Crippen molar-refractivity contribution in [1.29, 1.82) is 0 Å². The number of aromatic nitrogens is 4. The maximum absolute atomic E-state index is 13.4. The molecule has 2 aliphatic rings. The number of rotatable bonds is 2. The molecule has 0 saturated carbocycles. The molecule has 2 atom stereocenters. The fraction of sp³-hybridized carbons (Fsp3) is 0.407. The van der Waals surface area contributed by atoms with Crippen LogP contribution in [0.1, 0.15) is 54.8 Å². The molecule has 192 valence electrons. The van der Waals surface area contributed by atoms with Crippen molar-refractivity contribution in [3.63, 3.8) is 0 Å². The summed E-state index contributed by atoms with van der Waals surface area (Å²) in [6, 6.07) is 12.1. The molecule has 0 aliphatic carbocycles. The molecule has 37 heavy (non-hydrogen) atoms. The van der Waals surface area contributed by atoms with Crippen molar-refractivity contribution in [3.05, 3.63) is 66.2 Å². The summed E-state index contributed by atoms with van der Waals surface area (Å²) >= 11 is 0. The van der Waals surface area contributed by atoms with E-state index in [0.717, 1.165) is 12.0 Å². The minimum Gasteiger partial charge on any atom is -0.345 e. The van der Waals surface area contributed by atoms with E-state index >= 15 is 0 Å². The summed E-state index contributed by atoms with van der Waals surface area (Å²) in [6.45, 7) is 3.64. The number of benzene rings is 1.